The molecule has 0 bridgehead atoms. The van der Waals surface area contributed by atoms with Gasteiger partial charge in [-0.25, -0.2) is 4.79 Å². The molecule has 20 heavy (non-hydrogen) atoms. The van der Waals surface area contributed by atoms with Crippen molar-refractivity contribution in [2.45, 2.75) is 64.6 Å². The Kier molecular flexibility index (Phi) is 5.80. The normalized spacial score (nSPS) is 21.4. The monoisotopic (exact) mass is 286 g/mol. The fourth-order valence-corrected chi connectivity index (χ4v) is 2.17. The molecular weight excluding hydrogens is 260 g/mol. The SMILES string of the molecule is CC(NCC1CCCCN1C(=O)OC(C)(C)C)C(=O)O. The van der Waals surface area contributed by atoms with Crippen molar-refractivity contribution in [3.05, 3.63) is 0 Å². The van der Waals surface area contributed by atoms with Gasteiger partial charge in [0.1, 0.15) is 11.6 Å². The standard InChI is InChI=1S/C14H26N2O4/c1-10(12(17)18)15-9-11-7-5-6-8-16(11)13(19)20-14(2,3)4/h10-11,15H,5-9H2,1-4H3,(H,17,18). The zero-order valence-electron chi connectivity index (χ0n) is 12.8. The molecule has 1 saturated heterocycles. The number of carbonyl (C=O) groups is 2. The number of rotatable bonds is 4. The van der Waals surface area contributed by atoms with Crippen molar-refractivity contribution in [2.24, 2.45) is 0 Å². The van der Waals surface area contributed by atoms with Gasteiger partial charge in [-0.1, -0.05) is 0 Å². The van der Waals surface area contributed by atoms with Crippen molar-refractivity contribution in [1.82, 2.24) is 10.2 Å². The number of hydrogen-bond acceptors (Lipinski definition) is 4. The first-order valence-electron chi connectivity index (χ1n) is 7.16. The van der Waals surface area contributed by atoms with E-state index in [9.17, 15) is 9.59 Å². The average molecular weight is 286 g/mol. The van der Waals surface area contributed by atoms with E-state index < -0.39 is 17.6 Å². The Morgan fingerprint density at radius 2 is 2.05 bits per heavy atom. The number of carbonyl (C=O) groups excluding carboxylic acids is 1. The molecule has 2 unspecified atom stereocenters. The Bertz CT molecular complexity index is 352. The Morgan fingerprint density at radius 1 is 1.40 bits per heavy atom. The summed E-state index contributed by atoms with van der Waals surface area (Å²) in [6.45, 7) is 8.27. The minimum atomic E-state index is -0.885. The van der Waals surface area contributed by atoms with Crippen molar-refractivity contribution < 1.29 is 19.4 Å². The number of nitrogens with zero attached hydrogens (tertiary/aromatic N) is 1. The lowest BCUT2D eigenvalue weighted by molar-refractivity contribution is -0.139. The molecule has 0 saturated carbocycles. The van der Waals surface area contributed by atoms with E-state index >= 15 is 0 Å². The van der Waals surface area contributed by atoms with Gasteiger partial charge >= 0.3 is 12.1 Å². The first-order valence-corrected chi connectivity index (χ1v) is 7.16. The molecule has 1 aliphatic rings. The Balaban J connectivity index is 2.58. The first kappa shape index (κ1) is 16.8. The van der Waals surface area contributed by atoms with Gasteiger partial charge < -0.3 is 20.1 Å². The second kappa shape index (κ2) is 6.92. The van der Waals surface area contributed by atoms with Crippen molar-refractivity contribution in [2.75, 3.05) is 13.1 Å². The van der Waals surface area contributed by atoms with E-state index in [0.717, 1.165) is 19.3 Å². The van der Waals surface area contributed by atoms with Crippen molar-refractivity contribution in [1.29, 1.82) is 0 Å². The molecule has 0 spiro atoms. The number of carboxylic acids is 1. The molecule has 0 aromatic heterocycles. The van der Waals surface area contributed by atoms with Gasteiger partial charge in [0.05, 0.1) is 0 Å². The van der Waals surface area contributed by atoms with Crippen molar-refractivity contribution in [3.8, 4) is 0 Å². The Labute approximate surface area is 120 Å². The fraction of sp³-hybridized carbons (Fsp3) is 0.857. The molecule has 1 rings (SSSR count). The second-order valence-corrected chi connectivity index (χ2v) is 6.29. The zero-order chi connectivity index (χ0) is 15.3. The number of amides is 1. The number of nitrogens with one attached hydrogen (secondary N) is 1. The van der Waals surface area contributed by atoms with E-state index in [-0.39, 0.29) is 12.1 Å². The molecule has 1 heterocycles. The third-order valence-electron chi connectivity index (χ3n) is 3.29. The third-order valence-corrected chi connectivity index (χ3v) is 3.29. The van der Waals surface area contributed by atoms with E-state index in [2.05, 4.69) is 5.32 Å². The molecule has 0 radical (unpaired) electrons. The number of ether oxygens (including phenoxy) is 1. The second-order valence-electron chi connectivity index (χ2n) is 6.29. The number of hydrogen-bond donors (Lipinski definition) is 2. The van der Waals surface area contributed by atoms with Gasteiger partial charge in [0.2, 0.25) is 0 Å². The summed E-state index contributed by atoms with van der Waals surface area (Å²) in [6.07, 6.45) is 2.57. The van der Waals surface area contributed by atoms with Gasteiger partial charge in [-0.3, -0.25) is 4.79 Å². The van der Waals surface area contributed by atoms with Gasteiger partial charge in [-0.05, 0) is 47.0 Å². The fourth-order valence-electron chi connectivity index (χ4n) is 2.17. The number of piperidine rings is 1. The van der Waals surface area contributed by atoms with E-state index in [1.165, 1.54) is 0 Å². The topological polar surface area (TPSA) is 78.9 Å². The molecule has 0 aromatic carbocycles. The van der Waals surface area contributed by atoms with E-state index in [1.807, 2.05) is 20.8 Å². The predicted molar refractivity (Wildman–Crippen MR) is 75.7 cm³/mol. The van der Waals surface area contributed by atoms with Crippen LogP contribution >= 0.6 is 0 Å². The number of likely N-dealkylation sites (tertiary alicyclic amines) is 1. The number of carboxylic acid groups (broad SMARTS) is 1. The van der Waals surface area contributed by atoms with Crippen LogP contribution < -0.4 is 5.32 Å². The highest BCUT2D eigenvalue weighted by molar-refractivity contribution is 5.72. The van der Waals surface area contributed by atoms with Gasteiger partial charge in [0.25, 0.3) is 0 Å². The highest BCUT2D eigenvalue weighted by atomic mass is 16.6. The highest BCUT2D eigenvalue weighted by Gasteiger charge is 2.30. The van der Waals surface area contributed by atoms with E-state index in [1.54, 1.807) is 11.8 Å². The molecule has 1 amide bonds. The summed E-state index contributed by atoms with van der Waals surface area (Å²) in [7, 11) is 0. The van der Waals surface area contributed by atoms with Gasteiger partial charge in [-0.2, -0.15) is 0 Å². The van der Waals surface area contributed by atoms with Crippen LogP contribution in [0.5, 0.6) is 0 Å². The van der Waals surface area contributed by atoms with Crippen LogP contribution in [-0.4, -0.2) is 52.8 Å². The molecule has 6 heteroatoms. The molecule has 0 aromatic rings. The first-order chi connectivity index (χ1) is 9.20. The minimum Gasteiger partial charge on any atom is -0.480 e. The zero-order valence-corrected chi connectivity index (χ0v) is 12.8. The maximum atomic E-state index is 12.2. The molecule has 6 nitrogen and oxygen atoms in total. The van der Waals surface area contributed by atoms with E-state index in [0.29, 0.717) is 13.1 Å². The molecule has 0 aliphatic carbocycles. The Hall–Kier alpha value is -1.30. The van der Waals surface area contributed by atoms with Crippen molar-refractivity contribution >= 4 is 12.1 Å². The predicted octanol–water partition coefficient (Wildman–Crippen LogP) is 1.84. The summed E-state index contributed by atoms with van der Waals surface area (Å²) >= 11 is 0. The highest BCUT2D eigenvalue weighted by Crippen LogP contribution is 2.20. The number of aliphatic carboxylic acids is 1. The largest absolute Gasteiger partial charge is 0.480 e. The minimum absolute atomic E-state index is 0.000370. The smallest absolute Gasteiger partial charge is 0.410 e. The van der Waals surface area contributed by atoms with Gasteiger partial charge in [0.15, 0.2) is 0 Å². The van der Waals surface area contributed by atoms with Crippen LogP contribution in [0.15, 0.2) is 0 Å². The summed E-state index contributed by atoms with van der Waals surface area (Å²) in [6, 6.07) is -0.613. The van der Waals surface area contributed by atoms with Crippen LogP contribution in [0.1, 0.15) is 47.0 Å². The molecule has 2 N–H and O–H groups in total. The lowest BCUT2D eigenvalue weighted by atomic mass is 10.0. The third kappa shape index (κ3) is 5.36. The average Bonchev–Trinajstić information content (AvgIpc) is 2.34. The van der Waals surface area contributed by atoms with Crippen LogP contribution in [0.2, 0.25) is 0 Å². The molecular formula is C14H26N2O4. The maximum absolute atomic E-state index is 12.2. The summed E-state index contributed by atoms with van der Waals surface area (Å²) < 4.78 is 5.40. The van der Waals surface area contributed by atoms with Crippen molar-refractivity contribution in [3.63, 3.8) is 0 Å². The van der Waals surface area contributed by atoms with Gasteiger partial charge in [-0.15, -0.1) is 0 Å². The summed E-state index contributed by atoms with van der Waals surface area (Å²) in [5.74, 6) is -0.885. The quantitative estimate of drug-likeness (QED) is 0.824. The molecule has 1 fully saturated rings. The summed E-state index contributed by atoms with van der Waals surface area (Å²) in [5.41, 5.74) is -0.513. The summed E-state index contributed by atoms with van der Waals surface area (Å²) in [5, 5.41) is 11.8. The molecule has 1 aliphatic heterocycles. The van der Waals surface area contributed by atoms with Crippen LogP contribution in [0.3, 0.4) is 0 Å². The molecule has 116 valence electrons. The molecule has 2 atom stereocenters. The maximum Gasteiger partial charge on any atom is 0.410 e. The Morgan fingerprint density at radius 3 is 2.60 bits per heavy atom. The lowest BCUT2D eigenvalue weighted by Crippen LogP contribution is -2.51. The van der Waals surface area contributed by atoms with Crippen LogP contribution in [-0.2, 0) is 9.53 Å². The van der Waals surface area contributed by atoms with Crippen LogP contribution in [0.4, 0.5) is 4.79 Å². The lowest BCUT2D eigenvalue weighted by Gasteiger charge is -2.37. The van der Waals surface area contributed by atoms with Crippen LogP contribution in [0.25, 0.3) is 0 Å². The summed E-state index contributed by atoms with van der Waals surface area (Å²) in [4.78, 5) is 24.7. The van der Waals surface area contributed by atoms with Crippen LogP contribution in [0, 0.1) is 0 Å². The van der Waals surface area contributed by atoms with Gasteiger partial charge in [0, 0.05) is 19.1 Å². The van der Waals surface area contributed by atoms with E-state index in [4.69, 9.17) is 9.84 Å².